The van der Waals surface area contributed by atoms with E-state index in [1.165, 1.54) is 0 Å². The van der Waals surface area contributed by atoms with Gasteiger partial charge in [-0.1, -0.05) is 42.5 Å². The predicted molar refractivity (Wildman–Crippen MR) is 154 cm³/mol. The first-order valence-electron chi connectivity index (χ1n) is 13.2. The molecule has 0 atom stereocenters. The number of hydrogen-bond acceptors (Lipinski definition) is 5. The highest BCUT2D eigenvalue weighted by Gasteiger charge is 2.29. The maximum Gasteiger partial charge on any atom is 0.257 e. The molecule has 0 aliphatic carbocycles. The van der Waals surface area contributed by atoms with Crippen LogP contribution in [0.5, 0.6) is 17.2 Å². The molecule has 0 radical (unpaired) electrons. The van der Waals surface area contributed by atoms with Crippen LogP contribution in [0.1, 0.15) is 26.4 Å². The van der Waals surface area contributed by atoms with Crippen molar-refractivity contribution in [2.75, 3.05) is 47.5 Å². The summed E-state index contributed by atoms with van der Waals surface area (Å²) in [7, 11) is 4.77. The second-order valence-corrected chi connectivity index (χ2v) is 9.55. The van der Waals surface area contributed by atoms with Crippen LogP contribution in [0.25, 0.3) is 16.9 Å². The average molecular weight is 540 g/mol. The molecule has 1 fully saturated rings. The maximum absolute atomic E-state index is 13.9. The highest BCUT2D eigenvalue weighted by molar-refractivity contribution is 5.99. The molecular formula is C32H33N3O5. The lowest BCUT2D eigenvalue weighted by molar-refractivity contribution is 0.0533. The van der Waals surface area contributed by atoms with E-state index in [4.69, 9.17) is 14.2 Å². The van der Waals surface area contributed by atoms with Crippen molar-refractivity contribution in [1.29, 1.82) is 0 Å². The van der Waals surface area contributed by atoms with Crippen molar-refractivity contribution in [1.82, 2.24) is 14.4 Å². The van der Waals surface area contributed by atoms with Gasteiger partial charge in [-0.2, -0.15) is 0 Å². The van der Waals surface area contributed by atoms with Crippen LogP contribution in [0, 0.1) is 6.92 Å². The van der Waals surface area contributed by atoms with Crippen molar-refractivity contribution in [3.63, 3.8) is 0 Å². The predicted octanol–water partition coefficient (Wildman–Crippen LogP) is 5.08. The van der Waals surface area contributed by atoms with Crippen LogP contribution < -0.4 is 14.2 Å². The van der Waals surface area contributed by atoms with E-state index in [0.29, 0.717) is 54.6 Å². The number of aromatic nitrogens is 1. The van der Waals surface area contributed by atoms with E-state index in [2.05, 4.69) is 4.57 Å². The van der Waals surface area contributed by atoms with Crippen molar-refractivity contribution >= 4 is 11.8 Å². The summed E-state index contributed by atoms with van der Waals surface area (Å²) in [6.45, 7) is 3.74. The Hall–Kier alpha value is -4.72. The van der Waals surface area contributed by atoms with Gasteiger partial charge in [0, 0.05) is 43.6 Å². The Bertz CT molecular complexity index is 1520. The molecule has 4 aromatic rings. The number of benzene rings is 3. The van der Waals surface area contributed by atoms with Crippen molar-refractivity contribution < 1.29 is 23.8 Å². The van der Waals surface area contributed by atoms with Crippen LogP contribution in [0.15, 0.2) is 78.9 Å². The summed E-state index contributed by atoms with van der Waals surface area (Å²) in [6, 6.07) is 24.9. The number of piperazine rings is 1. The van der Waals surface area contributed by atoms with Crippen LogP contribution in [-0.4, -0.2) is 73.7 Å². The third-order valence-corrected chi connectivity index (χ3v) is 7.36. The summed E-state index contributed by atoms with van der Waals surface area (Å²) < 4.78 is 18.4. The van der Waals surface area contributed by atoms with Crippen LogP contribution in [-0.2, 0) is 0 Å². The number of carbonyl (C=O) groups excluding carboxylic acids is 2. The summed E-state index contributed by atoms with van der Waals surface area (Å²) in [5, 5.41) is 0. The Morgan fingerprint density at radius 1 is 0.625 bits per heavy atom. The molecule has 1 aliphatic rings. The summed E-state index contributed by atoms with van der Waals surface area (Å²) in [5.41, 5.74) is 4.73. The number of carbonyl (C=O) groups is 2. The summed E-state index contributed by atoms with van der Waals surface area (Å²) in [6.07, 6.45) is 0. The standard InChI is InChI=1S/C32H33N3O5/c1-22-26(32(37)34-18-16-33(17-19-34)31(36)25-12-8-9-13-28(25)38-2)21-27(23-10-6-5-7-11-23)35(22)24-14-15-29(39-3)30(20-24)40-4/h5-15,20-21H,16-19H2,1-4H3. The van der Waals surface area contributed by atoms with E-state index >= 15 is 0 Å². The lowest BCUT2D eigenvalue weighted by Gasteiger charge is -2.35. The van der Waals surface area contributed by atoms with Crippen LogP contribution >= 0.6 is 0 Å². The maximum atomic E-state index is 13.9. The molecule has 3 aromatic carbocycles. The van der Waals surface area contributed by atoms with E-state index in [0.717, 1.165) is 22.6 Å². The fourth-order valence-electron chi connectivity index (χ4n) is 5.22. The van der Waals surface area contributed by atoms with Crippen LogP contribution in [0.2, 0.25) is 0 Å². The number of amides is 2. The van der Waals surface area contributed by atoms with Crippen molar-refractivity contribution in [3.05, 3.63) is 95.7 Å². The number of methoxy groups -OCH3 is 3. The van der Waals surface area contributed by atoms with Gasteiger partial charge in [0.05, 0.1) is 38.2 Å². The molecule has 0 saturated carbocycles. The molecule has 2 amide bonds. The first kappa shape index (κ1) is 26.9. The quantitative estimate of drug-likeness (QED) is 0.328. The van der Waals surface area contributed by atoms with Gasteiger partial charge < -0.3 is 28.6 Å². The minimum atomic E-state index is -0.0910. The average Bonchev–Trinajstić information content (AvgIpc) is 3.37. The molecule has 8 heteroatoms. The van der Waals surface area contributed by atoms with E-state index in [9.17, 15) is 9.59 Å². The van der Waals surface area contributed by atoms with Gasteiger partial charge in [-0.25, -0.2) is 0 Å². The molecule has 206 valence electrons. The zero-order valence-corrected chi connectivity index (χ0v) is 23.2. The van der Waals surface area contributed by atoms with Gasteiger partial charge >= 0.3 is 0 Å². The van der Waals surface area contributed by atoms with E-state index in [1.807, 2.05) is 78.6 Å². The molecule has 0 spiro atoms. The summed E-state index contributed by atoms with van der Waals surface area (Å²) >= 11 is 0. The van der Waals surface area contributed by atoms with E-state index < -0.39 is 0 Å². The van der Waals surface area contributed by atoms with Crippen LogP contribution in [0.3, 0.4) is 0 Å². The molecular weight excluding hydrogens is 506 g/mol. The van der Waals surface area contributed by atoms with E-state index in [1.54, 1.807) is 38.4 Å². The van der Waals surface area contributed by atoms with Gasteiger partial charge in [-0.05, 0) is 42.8 Å². The number of ether oxygens (including phenoxy) is 3. The van der Waals surface area contributed by atoms with Crippen molar-refractivity contribution in [3.8, 4) is 34.2 Å². The van der Waals surface area contributed by atoms with Crippen molar-refractivity contribution in [2.45, 2.75) is 6.92 Å². The van der Waals surface area contributed by atoms with Gasteiger partial charge in [0.1, 0.15) is 5.75 Å². The molecule has 2 heterocycles. The molecule has 1 saturated heterocycles. The lowest BCUT2D eigenvalue weighted by Crippen LogP contribution is -2.50. The molecule has 1 aromatic heterocycles. The monoisotopic (exact) mass is 539 g/mol. The molecule has 0 bridgehead atoms. The van der Waals surface area contributed by atoms with Gasteiger partial charge in [-0.3, -0.25) is 9.59 Å². The zero-order chi connectivity index (χ0) is 28.2. The van der Waals surface area contributed by atoms with Crippen LogP contribution in [0.4, 0.5) is 0 Å². The highest BCUT2D eigenvalue weighted by atomic mass is 16.5. The van der Waals surface area contributed by atoms with Gasteiger partial charge in [0.15, 0.2) is 11.5 Å². The third kappa shape index (κ3) is 5.00. The second-order valence-electron chi connectivity index (χ2n) is 9.55. The molecule has 5 rings (SSSR count). The van der Waals surface area contributed by atoms with Crippen molar-refractivity contribution in [2.24, 2.45) is 0 Å². The zero-order valence-electron chi connectivity index (χ0n) is 23.2. The SMILES string of the molecule is COc1ccc(-n2c(-c3ccccc3)cc(C(=O)N3CCN(C(=O)c4ccccc4OC)CC3)c2C)cc1OC. The van der Waals surface area contributed by atoms with Gasteiger partial charge in [0.2, 0.25) is 0 Å². The number of nitrogens with zero attached hydrogens (tertiary/aromatic N) is 3. The Morgan fingerprint density at radius 2 is 1.20 bits per heavy atom. The Labute approximate surface area is 234 Å². The molecule has 0 unspecified atom stereocenters. The first-order valence-corrected chi connectivity index (χ1v) is 13.2. The van der Waals surface area contributed by atoms with Gasteiger partial charge in [0.25, 0.3) is 11.8 Å². The summed E-state index contributed by atoms with van der Waals surface area (Å²) in [4.78, 5) is 30.6. The fourth-order valence-corrected chi connectivity index (χ4v) is 5.22. The Morgan fingerprint density at radius 3 is 1.82 bits per heavy atom. The molecule has 1 aliphatic heterocycles. The normalized spacial score (nSPS) is 13.2. The molecule has 0 N–H and O–H groups in total. The Kier molecular flexibility index (Phi) is 7.77. The largest absolute Gasteiger partial charge is 0.496 e. The first-order chi connectivity index (χ1) is 19.5. The van der Waals surface area contributed by atoms with E-state index in [-0.39, 0.29) is 11.8 Å². The number of hydrogen-bond donors (Lipinski definition) is 0. The second kappa shape index (κ2) is 11.6. The Balaban J connectivity index is 1.43. The van der Waals surface area contributed by atoms with Gasteiger partial charge in [-0.15, -0.1) is 0 Å². The highest BCUT2D eigenvalue weighted by Crippen LogP contribution is 2.35. The molecule has 40 heavy (non-hydrogen) atoms. The summed E-state index contributed by atoms with van der Waals surface area (Å²) in [5.74, 6) is 1.64. The topological polar surface area (TPSA) is 73.2 Å². The molecule has 8 nitrogen and oxygen atoms in total. The number of para-hydroxylation sites is 1. The number of rotatable bonds is 7. The minimum Gasteiger partial charge on any atom is -0.496 e. The fraction of sp³-hybridized carbons (Fsp3) is 0.250. The minimum absolute atomic E-state index is 0.0571. The lowest BCUT2D eigenvalue weighted by atomic mass is 10.1. The smallest absolute Gasteiger partial charge is 0.257 e. The third-order valence-electron chi connectivity index (χ3n) is 7.36.